The molecule has 3 rings (SSSR count). The molecule has 94 valence electrons. The molecule has 1 N–H and O–H groups in total. The van der Waals surface area contributed by atoms with Gasteiger partial charge >= 0.3 is 0 Å². The highest BCUT2D eigenvalue weighted by molar-refractivity contribution is 6.31. The second-order valence-electron chi connectivity index (χ2n) is 4.68. The monoisotopic (exact) mass is 261 g/mol. The standard InChI is InChI=1S/C14H16ClN3/c15-13-14(18-8-4-5-9-18)17-12(16-13)10-11-6-2-1-3-7-11/h1-3,6-7H,4-5,8-10H2,(H,16,17). The molecule has 0 spiro atoms. The maximum Gasteiger partial charge on any atom is 0.166 e. The highest BCUT2D eigenvalue weighted by Gasteiger charge is 2.19. The number of nitrogens with zero attached hydrogens (tertiary/aromatic N) is 2. The third-order valence-corrected chi connectivity index (χ3v) is 3.57. The molecule has 0 unspecified atom stereocenters. The Morgan fingerprint density at radius 1 is 1.17 bits per heavy atom. The maximum absolute atomic E-state index is 6.23. The van der Waals surface area contributed by atoms with Crippen LogP contribution in [0.2, 0.25) is 5.15 Å². The van der Waals surface area contributed by atoms with Gasteiger partial charge in [0.15, 0.2) is 11.0 Å². The van der Waals surface area contributed by atoms with Crippen molar-refractivity contribution in [2.45, 2.75) is 19.3 Å². The lowest BCUT2D eigenvalue weighted by Gasteiger charge is -2.13. The van der Waals surface area contributed by atoms with Crippen molar-refractivity contribution in [3.63, 3.8) is 0 Å². The summed E-state index contributed by atoms with van der Waals surface area (Å²) in [6.45, 7) is 2.13. The van der Waals surface area contributed by atoms with Gasteiger partial charge in [-0.05, 0) is 18.4 Å². The van der Waals surface area contributed by atoms with Crippen molar-refractivity contribution in [3.8, 4) is 0 Å². The number of rotatable bonds is 3. The van der Waals surface area contributed by atoms with Crippen molar-refractivity contribution in [2.75, 3.05) is 18.0 Å². The van der Waals surface area contributed by atoms with Gasteiger partial charge in [-0.15, -0.1) is 0 Å². The van der Waals surface area contributed by atoms with E-state index in [1.807, 2.05) is 18.2 Å². The summed E-state index contributed by atoms with van der Waals surface area (Å²) in [5.74, 6) is 1.85. The maximum atomic E-state index is 6.23. The molecule has 0 saturated carbocycles. The summed E-state index contributed by atoms with van der Waals surface area (Å²) in [5.41, 5.74) is 1.25. The Balaban J connectivity index is 1.79. The molecule has 2 aromatic rings. The van der Waals surface area contributed by atoms with E-state index in [9.17, 15) is 0 Å². The molecule has 2 heterocycles. The van der Waals surface area contributed by atoms with Gasteiger partial charge in [0.1, 0.15) is 5.82 Å². The van der Waals surface area contributed by atoms with E-state index in [-0.39, 0.29) is 0 Å². The van der Waals surface area contributed by atoms with Crippen molar-refractivity contribution in [3.05, 3.63) is 46.9 Å². The molecule has 1 aromatic heterocycles. The molecule has 1 fully saturated rings. The fourth-order valence-corrected chi connectivity index (χ4v) is 2.67. The highest BCUT2D eigenvalue weighted by atomic mass is 35.5. The molecule has 18 heavy (non-hydrogen) atoms. The Morgan fingerprint density at radius 2 is 1.89 bits per heavy atom. The minimum atomic E-state index is 0.669. The molecule has 0 radical (unpaired) electrons. The summed E-state index contributed by atoms with van der Waals surface area (Å²) in [4.78, 5) is 10.1. The second kappa shape index (κ2) is 5.02. The third kappa shape index (κ3) is 2.36. The number of hydrogen-bond acceptors (Lipinski definition) is 2. The Kier molecular flexibility index (Phi) is 3.24. The predicted molar refractivity (Wildman–Crippen MR) is 74.3 cm³/mol. The normalized spacial score (nSPS) is 15.3. The number of benzene rings is 1. The molecule has 0 amide bonds. The molecule has 4 heteroatoms. The number of H-pyrrole nitrogens is 1. The number of anilines is 1. The molecule has 1 saturated heterocycles. The Hall–Kier alpha value is -1.48. The summed E-state index contributed by atoms with van der Waals surface area (Å²) in [5, 5.41) is 0.669. The lowest BCUT2D eigenvalue weighted by atomic mass is 10.1. The molecule has 3 nitrogen and oxygen atoms in total. The Bertz CT molecular complexity index is 515. The number of aromatic amines is 1. The molecule has 1 aliphatic rings. The van der Waals surface area contributed by atoms with Crippen LogP contribution in [-0.4, -0.2) is 23.1 Å². The smallest absolute Gasteiger partial charge is 0.166 e. The number of halogens is 1. The SMILES string of the molecule is Clc1[nH]c(Cc2ccccc2)nc1N1CCCC1. The first-order valence-electron chi connectivity index (χ1n) is 6.36. The molecular formula is C14H16ClN3. The van der Waals surface area contributed by atoms with Crippen molar-refractivity contribution < 1.29 is 0 Å². The summed E-state index contributed by atoms with van der Waals surface area (Å²) < 4.78 is 0. The van der Waals surface area contributed by atoms with Gasteiger partial charge in [-0.25, -0.2) is 4.98 Å². The second-order valence-corrected chi connectivity index (χ2v) is 5.06. The molecule has 1 aromatic carbocycles. The number of aromatic nitrogens is 2. The Labute approximate surface area is 112 Å². The van der Waals surface area contributed by atoms with Crippen LogP contribution < -0.4 is 4.90 Å². The lowest BCUT2D eigenvalue weighted by Crippen LogP contribution is -2.18. The summed E-state index contributed by atoms with van der Waals surface area (Å²) in [6, 6.07) is 10.3. The number of imidazole rings is 1. The van der Waals surface area contributed by atoms with E-state index in [1.165, 1.54) is 18.4 Å². The van der Waals surface area contributed by atoms with Crippen LogP contribution in [0.25, 0.3) is 0 Å². The van der Waals surface area contributed by atoms with Gasteiger partial charge in [0.2, 0.25) is 0 Å². The fourth-order valence-electron chi connectivity index (χ4n) is 2.40. The minimum Gasteiger partial charge on any atom is -0.354 e. The van der Waals surface area contributed by atoms with Crippen molar-refractivity contribution >= 4 is 17.4 Å². The van der Waals surface area contributed by atoms with E-state index in [4.69, 9.17) is 11.6 Å². The van der Waals surface area contributed by atoms with E-state index in [1.54, 1.807) is 0 Å². The summed E-state index contributed by atoms with van der Waals surface area (Å²) in [6.07, 6.45) is 3.27. The van der Waals surface area contributed by atoms with Gasteiger partial charge in [-0.2, -0.15) is 0 Å². The van der Waals surface area contributed by atoms with Crippen molar-refractivity contribution in [1.29, 1.82) is 0 Å². The largest absolute Gasteiger partial charge is 0.354 e. The van der Waals surface area contributed by atoms with Gasteiger partial charge in [0, 0.05) is 19.5 Å². The van der Waals surface area contributed by atoms with Gasteiger partial charge in [-0.1, -0.05) is 41.9 Å². The first-order valence-corrected chi connectivity index (χ1v) is 6.74. The van der Waals surface area contributed by atoms with Crippen LogP contribution in [0.1, 0.15) is 24.2 Å². The highest BCUT2D eigenvalue weighted by Crippen LogP contribution is 2.26. The van der Waals surface area contributed by atoms with Crippen molar-refractivity contribution in [2.24, 2.45) is 0 Å². The van der Waals surface area contributed by atoms with Crippen LogP contribution in [-0.2, 0) is 6.42 Å². The third-order valence-electron chi connectivity index (χ3n) is 3.31. The number of hydrogen-bond donors (Lipinski definition) is 1. The van der Waals surface area contributed by atoms with Gasteiger partial charge in [-0.3, -0.25) is 0 Å². The van der Waals surface area contributed by atoms with Crippen LogP contribution in [0, 0.1) is 0 Å². The number of nitrogens with one attached hydrogen (secondary N) is 1. The molecule has 0 aliphatic carbocycles. The van der Waals surface area contributed by atoms with E-state index < -0.39 is 0 Å². The van der Waals surface area contributed by atoms with Crippen LogP contribution in [0.4, 0.5) is 5.82 Å². The first kappa shape index (κ1) is 11.6. The zero-order chi connectivity index (χ0) is 12.4. The van der Waals surface area contributed by atoms with Crippen LogP contribution in [0.15, 0.2) is 30.3 Å². The van der Waals surface area contributed by atoms with E-state index in [2.05, 4.69) is 27.0 Å². The first-order chi connectivity index (χ1) is 8.83. The predicted octanol–water partition coefficient (Wildman–Crippen LogP) is 3.25. The Morgan fingerprint density at radius 3 is 2.61 bits per heavy atom. The quantitative estimate of drug-likeness (QED) is 0.920. The summed E-state index contributed by atoms with van der Waals surface area (Å²) >= 11 is 6.23. The van der Waals surface area contributed by atoms with Gasteiger partial charge in [0.25, 0.3) is 0 Å². The van der Waals surface area contributed by atoms with Crippen LogP contribution in [0.3, 0.4) is 0 Å². The summed E-state index contributed by atoms with van der Waals surface area (Å²) in [7, 11) is 0. The van der Waals surface area contributed by atoms with Gasteiger partial charge < -0.3 is 9.88 Å². The average Bonchev–Trinajstić information content (AvgIpc) is 3.00. The zero-order valence-corrected chi connectivity index (χ0v) is 11.0. The zero-order valence-electron chi connectivity index (χ0n) is 10.2. The fraction of sp³-hybridized carbons (Fsp3) is 0.357. The van der Waals surface area contributed by atoms with Crippen LogP contribution >= 0.6 is 11.6 Å². The molecule has 0 bridgehead atoms. The van der Waals surface area contributed by atoms with E-state index in [0.29, 0.717) is 5.15 Å². The van der Waals surface area contributed by atoms with Crippen molar-refractivity contribution in [1.82, 2.24) is 9.97 Å². The van der Waals surface area contributed by atoms with Gasteiger partial charge in [0.05, 0.1) is 0 Å². The lowest BCUT2D eigenvalue weighted by molar-refractivity contribution is 0.934. The van der Waals surface area contributed by atoms with E-state index in [0.717, 1.165) is 31.2 Å². The molecule has 0 atom stereocenters. The van der Waals surface area contributed by atoms with E-state index >= 15 is 0 Å². The molecular weight excluding hydrogens is 246 g/mol. The minimum absolute atomic E-state index is 0.669. The average molecular weight is 262 g/mol. The molecule has 1 aliphatic heterocycles. The topological polar surface area (TPSA) is 31.9 Å². The van der Waals surface area contributed by atoms with Crippen LogP contribution in [0.5, 0.6) is 0 Å².